The van der Waals surface area contributed by atoms with Gasteiger partial charge in [0, 0.05) is 0 Å². The van der Waals surface area contributed by atoms with E-state index in [-0.39, 0.29) is 5.75 Å². The Hall–Kier alpha value is -2.01. The highest BCUT2D eigenvalue weighted by atomic mass is 19.4. The lowest BCUT2D eigenvalue weighted by Crippen LogP contribution is -2.04. The normalized spacial score (nSPS) is 11.4. The molecule has 0 aliphatic rings. The summed E-state index contributed by atoms with van der Waals surface area (Å²) < 4.78 is 43.3. The Labute approximate surface area is 115 Å². The average molecular weight is 281 g/mol. The van der Waals surface area contributed by atoms with E-state index in [4.69, 9.17) is 10.5 Å². The minimum Gasteiger partial charge on any atom is -0.457 e. The molecular formula is C15H14F3NO. The molecule has 2 aromatic rings. The molecule has 0 heterocycles. The van der Waals surface area contributed by atoms with Crippen molar-refractivity contribution in [1.29, 1.82) is 0 Å². The third-order valence-corrected chi connectivity index (χ3v) is 2.73. The number of rotatable bonds is 4. The Kier molecular flexibility index (Phi) is 4.29. The van der Waals surface area contributed by atoms with Crippen molar-refractivity contribution in [3.8, 4) is 11.5 Å². The van der Waals surface area contributed by atoms with Crippen LogP contribution in [-0.4, -0.2) is 6.54 Å². The zero-order chi connectivity index (χ0) is 14.6. The second-order valence-electron chi connectivity index (χ2n) is 4.31. The van der Waals surface area contributed by atoms with E-state index in [1.807, 2.05) is 6.07 Å². The summed E-state index contributed by atoms with van der Waals surface area (Å²) in [6.45, 7) is 0.507. The summed E-state index contributed by atoms with van der Waals surface area (Å²) in [5.41, 5.74) is 5.72. The molecule has 106 valence electrons. The molecule has 0 aliphatic heterocycles. The fraction of sp³-hybridized carbons (Fsp3) is 0.200. The summed E-state index contributed by atoms with van der Waals surface area (Å²) in [6.07, 6.45) is -3.68. The van der Waals surface area contributed by atoms with Crippen LogP contribution in [0.1, 0.15) is 11.1 Å². The van der Waals surface area contributed by atoms with Gasteiger partial charge in [0.15, 0.2) is 0 Å². The van der Waals surface area contributed by atoms with Gasteiger partial charge in [0.05, 0.1) is 5.56 Å². The molecule has 2 rings (SSSR count). The fourth-order valence-electron chi connectivity index (χ4n) is 1.80. The van der Waals surface area contributed by atoms with Crippen LogP contribution in [0.4, 0.5) is 13.2 Å². The monoisotopic (exact) mass is 281 g/mol. The number of benzene rings is 2. The Morgan fingerprint density at radius 2 is 1.60 bits per heavy atom. The summed E-state index contributed by atoms with van der Waals surface area (Å²) in [4.78, 5) is 0. The van der Waals surface area contributed by atoms with E-state index in [0.717, 1.165) is 17.7 Å². The Morgan fingerprint density at radius 1 is 0.950 bits per heavy atom. The molecule has 5 heteroatoms. The Balaban J connectivity index is 2.19. The van der Waals surface area contributed by atoms with Crippen LogP contribution >= 0.6 is 0 Å². The van der Waals surface area contributed by atoms with Gasteiger partial charge >= 0.3 is 6.18 Å². The Morgan fingerprint density at radius 3 is 2.25 bits per heavy atom. The van der Waals surface area contributed by atoms with Gasteiger partial charge in [0.25, 0.3) is 0 Å². The highest BCUT2D eigenvalue weighted by Gasteiger charge is 2.30. The summed E-state index contributed by atoms with van der Waals surface area (Å²) in [5.74, 6) is 0.653. The molecule has 2 N–H and O–H groups in total. The van der Waals surface area contributed by atoms with Crippen molar-refractivity contribution in [1.82, 2.24) is 0 Å². The van der Waals surface area contributed by atoms with E-state index < -0.39 is 11.7 Å². The SMILES string of the molecule is NCCc1cccc(Oc2cccc(C(F)(F)F)c2)c1. The zero-order valence-electron chi connectivity index (χ0n) is 10.7. The number of hydrogen-bond donors (Lipinski definition) is 1. The minimum atomic E-state index is -4.37. The van der Waals surface area contributed by atoms with Crippen LogP contribution in [0.3, 0.4) is 0 Å². The van der Waals surface area contributed by atoms with Crippen LogP contribution in [0.25, 0.3) is 0 Å². The summed E-state index contributed by atoms with van der Waals surface area (Å²) in [7, 11) is 0. The first kappa shape index (κ1) is 14.4. The smallest absolute Gasteiger partial charge is 0.416 e. The van der Waals surface area contributed by atoms with Gasteiger partial charge < -0.3 is 10.5 Å². The van der Waals surface area contributed by atoms with Crippen molar-refractivity contribution < 1.29 is 17.9 Å². The van der Waals surface area contributed by atoms with Crippen LogP contribution in [-0.2, 0) is 12.6 Å². The van der Waals surface area contributed by atoms with E-state index >= 15 is 0 Å². The second-order valence-corrected chi connectivity index (χ2v) is 4.31. The van der Waals surface area contributed by atoms with Gasteiger partial charge in [0.1, 0.15) is 11.5 Å². The molecule has 0 radical (unpaired) electrons. The maximum Gasteiger partial charge on any atom is 0.416 e. The van der Waals surface area contributed by atoms with Gasteiger partial charge in [-0.2, -0.15) is 13.2 Å². The van der Waals surface area contributed by atoms with E-state index in [1.54, 1.807) is 18.2 Å². The predicted octanol–water partition coefficient (Wildman–Crippen LogP) is 4.00. The van der Waals surface area contributed by atoms with Crippen molar-refractivity contribution in [3.63, 3.8) is 0 Å². The van der Waals surface area contributed by atoms with E-state index in [2.05, 4.69) is 0 Å². The molecule has 2 aromatic carbocycles. The minimum absolute atomic E-state index is 0.157. The molecule has 0 bridgehead atoms. The molecular weight excluding hydrogens is 267 g/mol. The van der Waals surface area contributed by atoms with Gasteiger partial charge in [-0.3, -0.25) is 0 Å². The third kappa shape index (κ3) is 3.74. The van der Waals surface area contributed by atoms with Crippen LogP contribution in [0.15, 0.2) is 48.5 Å². The first-order valence-electron chi connectivity index (χ1n) is 6.13. The van der Waals surface area contributed by atoms with Crippen LogP contribution in [0.2, 0.25) is 0 Å². The predicted molar refractivity (Wildman–Crippen MR) is 70.7 cm³/mol. The first-order valence-corrected chi connectivity index (χ1v) is 6.13. The lowest BCUT2D eigenvalue weighted by molar-refractivity contribution is -0.137. The van der Waals surface area contributed by atoms with Gasteiger partial charge in [-0.15, -0.1) is 0 Å². The van der Waals surface area contributed by atoms with Gasteiger partial charge in [-0.05, 0) is 48.9 Å². The second kappa shape index (κ2) is 5.96. The molecule has 0 saturated heterocycles. The summed E-state index contributed by atoms with van der Waals surface area (Å²) >= 11 is 0. The quantitative estimate of drug-likeness (QED) is 0.919. The molecule has 0 spiro atoms. The van der Waals surface area contributed by atoms with E-state index in [9.17, 15) is 13.2 Å². The first-order chi connectivity index (χ1) is 9.49. The number of alkyl halides is 3. The standard InChI is InChI=1S/C15H14F3NO/c16-15(17,18)12-4-2-6-14(10-12)20-13-5-1-3-11(9-13)7-8-19/h1-6,9-10H,7-8,19H2. The van der Waals surface area contributed by atoms with Gasteiger partial charge in [0.2, 0.25) is 0 Å². The summed E-state index contributed by atoms with van der Waals surface area (Å²) in [5, 5.41) is 0. The maximum atomic E-state index is 12.6. The largest absolute Gasteiger partial charge is 0.457 e. The number of hydrogen-bond acceptors (Lipinski definition) is 2. The highest BCUT2D eigenvalue weighted by Crippen LogP contribution is 2.32. The van der Waals surface area contributed by atoms with Gasteiger partial charge in [-0.25, -0.2) is 0 Å². The molecule has 0 saturated carbocycles. The molecule has 0 fully saturated rings. The van der Waals surface area contributed by atoms with Gasteiger partial charge in [-0.1, -0.05) is 18.2 Å². The third-order valence-electron chi connectivity index (χ3n) is 2.73. The molecule has 0 aromatic heterocycles. The molecule has 20 heavy (non-hydrogen) atoms. The van der Waals surface area contributed by atoms with E-state index in [0.29, 0.717) is 18.7 Å². The van der Waals surface area contributed by atoms with Crippen LogP contribution < -0.4 is 10.5 Å². The van der Waals surface area contributed by atoms with Crippen molar-refractivity contribution >= 4 is 0 Å². The number of nitrogens with two attached hydrogens (primary N) is 1. The van der Waals surface area contributed by atoms with Crippen molar-refractivity contribution in [2.75, 3.05) is 6.54 Å². The van der Waals surface area contributed by atoms with Crippen molar-refractivity contribution in [2.24, 2.45) is 5.73 Å². The topological polar surface area (TPSA) is 35.2 Å². The highest BCUT2D eigenvalue weighted by molar-refractivity contribution is 5.36. The maximum absolute atomic E-state index is 12.6. The van der Waals surface area contributed by atoms with Crippen LogP contribution in [0, 0.1) is 0 Å². The molecule has 0 unspecified atom stereocenters. The molecule has 0 amide bonds. The number of ether oxygens (including phenoxy) is 1. The zero-order valence-corrected chi connectivity index (χ0v) is 10.7. The number of halogens is 3. The average Bonchev–Trinajstić information content (AvgIpc) is 2.39. The molecule has 2 nitrogen and oxygen atoms in total. The van der Waals surface area contributed by atoms with Crippen molar-refractivity contribution in [3.05, 3.63) is 59.7 Å². The lowest BCUT2D eigenvalue weighted by Gasteiger charge is -2.10. The summed E-state index contributed by atoms with van der Waals surface area (Å²) in [6, 6.07) is 12.0. The van der Waals surface area contributed by atoms with Crippen molar-refractivity contribution in [2.45, 2.75) is 12.6 Å². The molecule has 0 aliphatic carbocycles. The van der Waals surface area contributed by atoms with E-state index in [1.165, 1.54) is 12.1 Å². The molecule has 0 atom stereocenters. The lowest BCUT2D eigenvalue weighted by atomic mass is 10.1. The fourth-order valence-corrected chi connectivity index (χ4v) is 1.80. The Bertz CT molecular complexity index is 581. The van der Waals surface area contributed by atoms with Crippen LogP contribution in [0.5, 0.6) is 11.5 Å².